The van der Waals surface area contributed by atoms with Crippen LogP contribution in [0.1, 0.15) is 24.8 Å². The van der Waals surface area contributed by atoms with Crippen molar-refractivity contribution in [2.75, 3.05) is 5.88 Å². The Morgan fingerprint density at radius 1 is 1.44 bits per heavy atom. The molecule has 1 aromatic rings. The molecular formula is C12H15ClN2O. The number of carbonyl (C=O) groups excluding carboxylic acids is 1. The highest BCUT2D eigenvalue weighted by Crippen LogP contribution is 2.28. The predicted octanol–water partition coefficient (Wildman–Crippen LogP) is 2.20. The Hall–Kier alpha value is -1.09. The fourth-order valence-electron chi connectivity index (χ4n) is 1.72. The number of hydrogen-bond donors (Lipinski definition) is 0. The molecule has 1 amide bonds. The third kappa shape index (κ3) is 2.95. The Morgan fingerprint density at radius 2 is 2.12 bits per heavy atom. The third-order valence-corrected chi connectivity index (χ3v) is 2.91. The van der Waals surface area contributed by atoms with Gasteiger partial charge in [-0.3, -0.25) is 9.78 Å². The average molecular weight is 239 g/mol. The highest BCUT2D eigenvalue weighted by molar-refractivity contribution is 6.18. The molecule has 0 aliphatic heterocycles. The lowest BCUT2D eigenvalue weighted by Crippen LogP contribution is -2.32. The lowest BCUT2D eigenvalue weighted by molar-refractivity contribution is -0.132. The molecule has 1 aliphatic rings. The van der Waals surface area contributed by atoms with Crippen molar-refractivity contribution in [3.8, 4) is 0 Å². The first-order valence-corrected chi connectivity index (χ1v) is 6.09. The van der Waals surface area contributed by atoms with Crippen molar-refractivity contribution < 1.29 is 4.79 Å². The van der Waals surface area contributed by atoms with Gasteiger partial charge in [-0.1, -0.05) is 0 Å². The Morgan fingerprint density at radius 3 is 2.69 bits per heavy atom. The second-order valence-electron chi connectivity index (χ2n) is 4.05. The lowest BCUT2D eigenvalue weighted by atomic mass is 10.2. The van der Waals surface area contributed by atoms with Crippen molar-refractivity contribution in [1.29, 1.82) is 0 Å². The summed E-state index contributed by atoms with van der Waals surface area (Å²) in [5.74, 6) is 0.563. The van der Waals surface area contributed by atoms with E-state index in [1.807, 2.05) is 17.0 Å². The van der Waals surface area contributed by atoms with E-state index in [0.29, 0.717) is 24.9 Å². The van der Waals surface area contributed by atoms with Crippen LogP contribution >= 0.6 is 11.6 Å². The first-order valence-electron chi connectivity index (χ1n) is 5.55. The van der Waals surface area contributed by atoms with Gasteiger partial charge in [0.2, 0.25) is 5.91 Å². The summed E-state index contributed by atoms with van der Waals surface area (Å²) in [4.78, 5) is 17.8. The van der Waals surface area contributed by atoms with Gasteiger partial charge in [-0.25, -0.2) is 0 Å². The van der Waals surface area contributed by atoms with Gasteiger partial charge in [0.25, 0.3) is 0 Å². The van der Waals surface area contributed by atoms with Crippen LogP contribution in [0, 0.1) is 0 Å². The molecule has 0 atom stereocenters. The topological polar surface area (TPSA) is 33.2 Å². The van der Waals surface area contributed by atoms with E-state index in [9.17, 15) is 4.79 Å². The maximum Gasteiger partial charge on any atom is 0.224 e. The second kappa shape index (κ2) is 5.30. The summed E-state index contributed by atoms with van der Waals surface area (Å²) < 4.78 is 0. The van der Waals surface area contributed by atoms with E-state index in [1.165, 1.54) is 0 Å². The van der Waals surface area contributed by atoms with E-state index in [-0.39, 0.29) is 5.91 Å². The SMILES string of the molecule is O=C(CCCl)N(Cc1ccncc1)C1CC1. The van der Waals surface area contributed by atoms with E-state index >= 15 is 0 Å². The number of hydrogen-bond acceptors (Lipinski definition) is 2. The Bertz CT molecular complexity index is 351. The molecule has 4 heteroatoms. The highest BCUT2D eigenvalue weighted by atomic mass is 35.5. The zero-order valence-electron chi connectivity index (χ0n) is 9.10. The molecule has 2 rings (SSSR count). The fraction of sp³-hybridized carbons (Fsp3) is 0.500. The van der Waals surface area contributed by atoms with Crippen molar-refractivity contribution in [3.63, 3.8) is 0 Å². The molecule has 1 heterocycles. The van der Waals surface area contributed by atoms with E-state index in [4.69, 9.17) is 11.6 Å². The van der Waals surface area contributed by atoms with Gasteiger partial charge in [-0.2, -0.15) is 0 Å². The van der Waals surface area contributed by atoms with Gasteiger partial charge >= 0.3 is 0 Å². The van der Waals surface area contributed by atoms with Crippen LogP contribution in [0.5, 0.6) is 0 Å². The van der Waals surface area contributed by atoms with Crippen molar-refractivity contribution in [2.24, 2.45) is 0 Å². The first kappa shape index (κ1) is 11.4. The molecule has 0 N–H and O–H groups in total. The Balaban J connectivity index is 2.00. The van der Waals surface area contributed by atoms with Crippen LogP contribution in [-0.4, -0.2) is 27.7 Å². The Labute approximate surface area is 100 Å². The van der Waals surface area contributed by atoms with E-state index in [0.717, 1.165) is 18.4 Å². The minimum Gasteiger partial charge on any atom is -0.335 e. The summed E-state index contributed by atoms with van der Waals surface area (Å²) in [6.07, 6.45) is 6.19. The second-order valence-corrected chi connectivity index (χ2v) is 4.43. The molecule has 1 saturated carbocycles. The molecular weight excluding hydrogens is 224 g/mol. The van der Waals surface area contributed by atoms with Crippen LogP contribution in [0.25, 0.3) is 0 Å². The molecule has 3 nitrogen and oxygen atoms in total. The first-order chi connectivity index (χ1) is 7.81. The number of rotatable bonds is 5. The van der Waals surface area contributed by atoms with Crippen LogP contribution in [-0.2, 0) is 11.3 Å². The molecule has 0 saturated heterocycles. The molecule has 86 valence electrons. The zero-order valence-corrected chi connectivity index (χ0v) is 9.86. The third-order valence-electron chi connectivity index (χ3n) is 2.72. The summed E-state index contributed by atoms with van der Waals surface area (Å²) in [6, 6.07) is 4.33. The quantitative estimate of drug-likeness (QED) is 0.737. The molecule has 0 radical (unpaired) electrons. The van der Waals surface area contributed by atoms with Crippen molar-refractivity contribution in [3.05, 3.63) is 30.1 Å². The van der Waals surface area contributed by atoms with Crippen molar-refractivity contribution >= 4 is 17.5 Å². The number of amides is 1. The van der Waals surface area contributed by atoms with Crippen molar-refractivity contribution in [1.82, 2.24) is 9.88 Å². The largest absolute Gasteiger partial charge is 0.335 e. The van der Waals surface area contributed by atoms with Gasteiger partial charge in [-0.15, -0.1) is 11.6 Å². The molecule has 1 fully saturated rings. The monoisotopic (exact) mass is 238 g/mol. The molecule has 0 spiro atoms. The molecule has 16 heavy (non-hydrogen) atoms. The molecule has 1 aliphatic carbocycles. The molecule has 0 aromatic carbocycles. The van der Waals surface area contributed by atoms with Crippen molar-refractivity contribution in [2.45, 2.75) is 31.8 Å². The summed E-state index contributed by atoms with van der Waals surface area (Å²) in [7, 11) is 0. The van der Waals surface area contributed by atoms with Gasteiger partial charge in [-0.05, 0) is 30.5 Å². The fourth-order valence-corrected chi connectivity index (χ4v) is 1.88. The number of alkyl halides is 1. The molecule has 1 aromatic heterocycles. The molecule has 0 unspecified atom stereocenters. The maximum atomic E-state index is 11.9. The molecule has 0 bridgehead atoms. The van der Waals surface area contributed by atoms with Crippen LogP contribution in [0.2, 0.25) is 0 Å². The summed E-state index contributed by atoms with van der Waals surface area (Å²) >= 11 is 5.61. The summed E-state index contributed by atoms with van der Waals surface area (Å²) in [5.41, 5.74) is 1.13. The van der Waals surface area contributed by atoms with Crippen LogP contribution in [0.4, 0.5) is 0 Å². The Kier molecular flexibility index (Phi) is 3.78. The van der Waals surface area contributed by atoms with E-state index in [1.54, 1.807) is 12.4 Å². The van der Waals surface area contributed by atoms with Crippen LogP contribution < -0.4 is 0 Å². The minimum atomic E-state index is 0.161. The van der Waals surface area contributed by atoms with Gasteiger partial charge in [0, 0.05) is 37.3 Å². The van der Waals surface area contributed by atoms with E-state index in [2.05, 4.69) is 4.98 Å². The van der Waals surface area contributed by atoms with E-state index < -0.39 is 0 Å². The number of halogens is 1. The van der Waals surface area contributed by atoms with Gasteiger partial charge in [0.05, 0.1) is 0 Å². The van der Waals surface area contributed by atoms with Gasteiger partial charge < -0.3 is 4.90 Å². The van der Waals surface area contributed by atoms with Crippen LogP contribution in [0.15, 0.2) is 24.5 Å². The number of carbonyl (C=O) groups is 1. The standard InChI is InChI=1S/C12H15ClN2O/c13-6-3-12(16)15(11-1-2-11)9-10-4-7-14-8-5-10/h4-5,7-8,11H,1-3,6,9H2. The normalized spacial score (nSPS) is 14.8. The summed E-state index contributed by atoms with van der Waals surface area (Å²) in [6.45, 7) is 0.683. The lowest BCUT2D eigenvalue weighted by Gasteiger charge is -2.22. The van der Waals surface area contributed by atoms with Crippen LogP contribution in [0.3, 0.4) is 0 Å². The highest BCUT2D eigenvalue weighted by Gasteiger charge is 2.31. The minimum absolute atomic E-state index is 0.161. The summed E-state index contributed by atoms with van der Waals surface area (Å²) in [5, 5.41) is 0. The predicted molar refractivity (Wildman–Crippen MR) is 63.1 cm³/mol. The average Bonchev–Trinajstić information content (AvgIpc) is 3.11. The number of nitrogens with zero attached hydrogens (tertiary/aromatic N) is 2. The van der Waals surface area contributed by atoms with Gasteiger partial charge in [0.15, 0.2) is 0 Å². The smallest absolute Gasteiger partial charge is 0.224 e. The zero-order chi connectivity index (χ0) is 11.4. The maximum absolute atomic E-state index is 11.9. The van der Waals surface area contributed by atoms with Gasteiger partial charge in [0.1, 0.15) is 0 Å². The number of aromatic nitrogens is 1. The number of pyridine rings is 1.